The standard InChI is InChI=1S/C20H22N4OS/c1-11(2)23-19(25)17(9-21)8-16-7-12(3)24(14(16)5)20-18(10-22)13(4)15(6)26-20/h7-8,11H,1-6H3,(H,23,25). The van der Waals surface area contributed by atoms with E-state index in [0.717, 1.165) is 32.4 Å². The van der Waals surface area contributed by atoms with E-state index >= 15 is 0 Å². The van der Waals surface area contributed by atoms with Crippen molar-refractivity contribution in [1.29, 1.82) is 10.5 Å². The molecule has 0 saturated heterocycles. The Morgan fingerprint density at radius 2 is 1.92 bits per heavy atom. The first-order chi connectivity index (χ1) is 12.2. The summed E-state index contributed by atoms with van der Waals surface area (Å²) in [6, 6.07) is 6.17. The molecule has 6 heteroatoms. The minimum absolute atomic E-state index is 0.0399. The van der Waals surface area contributed by atoms with Gasteiger partial charge in [0.05, 0.1) is 5.56 Å². The number of hydrogen-bond donors (Lipinski definition) is 1. The molecule has 0 aromatic carbocycles. The quantitative estimate of drug-likeness (QED) is 0.654. The minimum atomic E-state index is -0.382. The third-order valence-corrected chi connectivity index (χ3v) is 5.43. The van der Waals surface area contributed by atoms with Crippen molar-refractivity contribution in [3.8, 4) is 17.1 Å². The lowest BCUT2D eigenvalue weighted by Crippen LogP contribution is -2.30. The van der Waals surface area contributed by atoms with Crippen LogP contribution >= 0.6 is 11.3 Å². The Morgan fingerprint density at radius 1 is 1.27 bits per heavy atom. The van der Waals surface area contributed by atoms with Gasteiger partial charge in [-0.1, -0.05) is 0 Å². The van der Waals surface area contributed by atoms with Crippen molar-refractivity contribution in [3.63, 3.8) is 0 Å². The Bertz CT molecular complexity index is 977. The van der Waals surface area contributed by atoms with Gasteiger partial charge in [-0.25, -0.2) is 0 Å². The maximum Gasteiger partial charge on any atom is 0.262 e. The normalized spacial score (nSPS) is 11.3. The second-order valence-electron chi connectivity index (χ2n) is 6.54. The van der Waals surface area contributed by atoms with E-state index in [9.17, 15) is 15.3 Å². The SMILES string of the molecule is Cc1sc(-n2c(C)cc(C=C(C#N)C(=O)NC(C)C)c2C)c(C#N)c1C. The second-order valence-corrected chi connectivity index (χ2v) is 7.74. The van der Waals surface area contributed by atoms with Crippen LogP contribution in [0.15, 0.2) is 11.6 Å². The van der Waals surface area contributed by atoms with Gasteiger partial charge in [0.25, 0.3) is 5.91 Å². The monoisotopic (exact) mass is 366 g/mol. The van der Waals surface area contributed by atoms with Gasteiger partial charge in [0.1, 0.15) is 22.7 Å². The molecule has 2 aromatic heterocycles. The molecule has 0 unspecified atom stereocenters. The Balaban J connectivity index is 2.58. The number of thiophene rings is 1. The highest BCUT2D eigenvalue weighted by Crippen LogP contribution is 2.33. The first-order valence-corrected chi connectivity index (χ1v) is 9.14. The van der Waals surface area contributed by atoms with Gasteiger partial charge in [0.2, 0.25) is 0 Å². The molecule has 2 rings (SSSR count). The number of carbonyl (C=O) groups excluding carboxylic acids is 1. The summed E-state index contributed by atoms with van der Waals surface area (Å²) in [6.45, 7) is 11.5. The summed E-state index contributed by atoms with van der Waals surface area (Å²) in [7, 11) is 0. The third-order valence-electron chi connectivity index (χ3n) is 4.24. The lowest BCUT2D eigenvalue weighted by atomic mass is 10.1. The molecule has 2 aromatic rings. The van der Waals surface area contributed by atoms with Gasteiger partial charge in [0, 0.05) is 22.3 Å². The molecule has 0 aliphatic rings. The molecule has 26 heavy (non-hydrogen) atoms. The van der Waals surface area contributed by atoms with Crippen LogP contribution in [-0.4, -0.2) is 16.5 Å². The van der Waals surface area contributed by atoms with Crippen LogP contribution in [-0.2, 0) is 4.79 Å². The molecular weight excluding hydrogens is 344 g/mol. The molecule has 0 saturated carbocycles. The second kappa shape index (κ2) is 7.59. The summed E-state index contributed by atoms with van der Waals surface area (Å²) in [5, 5.41) is 22.5. The minimum Gasteiger partial charge on any atom is -0.349 e. The predicted octanol–water partition coefficient (Wildman–Crippen LogP) is 4.08. The van der Waals surface area contributed by atoms with Crippen LogP contribution < -0.4 is 5.32 Å². The van der Waals surface area contributed by atoms with Gasteiger partial charge in [-0.15, -0.1) is 11.3 Å². The van der Waals surface area contributed by atoms with Gasteiger partial charge in [-0.05, 0) is 64.8 Å². The van der Waals surface area contributed by atoms with E-state index in [2.05, 4.69) is 11.4 Å². The van der Waals surface area contributed by atoms with Crippen molar-refractivity contribution in [2.45, 2.75) is 47.6 Å². The molecule has 0 spiro atoms. The first kappa shape index (κ1) is 19.5. The average Bonchev–Trinajstić information content (AvgIpc) is 3.00. The zero-order valence-corrected chi connectivity index (χ0v) is 16.7. The predicted molar refractivity (Wildman–Crippen MR) is 104 cm³/mol. The smallest absolute Gasteiger partial charge is 0.262 e. The van der Waals surface area contributed by atoms with Crippen molar-refractivity contribution in [3.05, 3.63) is 44.6 Å². The largest absolute Gasteiger partial charge is 0.349 e. The number of carbonyl (C=O) groups is 1. The summed E-state index contributed by atoms with van der Waals surface area (Å²) >= 11 is 1.58. The van der Waals surface area contributed by atoms with Crippen LogP contribution in [0.2, 0.25) is 0 Å². The summed E-state index contributed by atoms with van der Waals surface area (Å²) in [6.07, 6.45) is 1.61. The fraction of sp³-hybridized carbons (Fsp3) is 0.350. The number of aromatic nitrogens is 1. The van der Waals surface area contributed by atoms with Crippen LogP contribution in [0.1, 0.15) is 46.8 Å². The van der Waals surface area contributed by atoms with Gasteiger partial charge in [-0.3, -0.25) is 4.79 Å². The van der Waals surface area contributed by atoms with Gasteiger partial charge in [0.15, 0.2) is 0 Å². The van der Waals surface area contributed by atoms with Crippen molar-refractivity contribution >= 4 is 23.3 Å². The summed E-state index contributed by atoms with van der Waals surface area (Å²) < 4.78 is 2.02. The van der Waals surface area contributed by atoms with Gasteiger partial charge in [-0.2, -0.15) is 10.5 Å². The van der Waals surface area contributed by atoms with Crippen molar-refractivity contribution in [2.24, 2.45) is 0 Å². The average molecular weight is 366 g/mol. The highest BCUT2D eigenvalue weighted by molar-refractivity contribution is 7.14. The summed E-state index contributed by atoms with van der Waals surface area (Å²) in [4.78, 5) is 13.3. The van der Waals surface area contributed by atoms with Gasteiger partial charge < -0.3 is 9.88 Å². The number of nitriles is 2. The third kappa shape index (κ3) is 3.56. The molecular formula is C20H22N4OS. The van der Waals surface area contributed by atoms with E-state index in [1.165, 1.54) is 0 Å². The molecule has 5 nitrogen and oxygen atoms in total. The number of nitrogens with zero attached hydrogens (tertiary/aromatic N) is 3. The summed E-state index contributed by atoms with van der Waals surface area (Å²) in [5.74, 6) is -0.382. The molecule has 134 valence electrons. The van der Waals surface area contributed by atoms with Crippen LogP contribution in [0.3, 0.4) is 0 Å². The maximum atomic E-state index is 12.2. The highest BCUT2D eigenvalue weighted by atomic mass is 32.1. The molecule has 1 N–H and O–H groups in total. The number of nitrogens with one attached hydrogen (secondary N) is 1. The molecule has 1 amide bonds. The molecule has 0 radical (unpaired) electrons. The molecule has 0 fully saturated rings. The zero-order valence-electron chi connectivity index (χ0n) is 15.9. The number of hydrogen-bond acceptors (Lipinski definition) is 4. The Kier molecular flexibility index (Phi) is 5.69. The number of aryl methyl sites for hydroxylation is 2. The van der Waals surface area contributed by atoms with E-state index in [-0.39, 0.29) is 17.5 Å². The van der Waals surface area contributed by atoms with Gasteiger partial charge >= 0.3 is 0 Å². The van der Waals surface area contributed by atoms with E-state index in [4.69, 9.17) is 0 Å². The topological polar surface area (TPSA) is 81.6 Å². The molecule has 0 bridgehead atoms. The van der Waals surface area contributed by atoms with Crippen LogP contribution in [0, 0.1) is 50.4 Å². The Labute approximate surface area is 158 Å². The lowest BCUT2D eigenvalue weighted by Gasteiger charge is -2.08. The van der Waals surface area contributed by atoms with Crippen molar-refractivity contribution in [1.82, 2.24) is 9.88 Å². The first-order valence-electron chi connectivity index (χ1n) is 8.33. The fourth-order valence-corrected chi connectivity index (χ4v) is 4.01. The molecule has 2 heterocycles. The van der Waals surface area contributed by atoms with Crippen LogP contribution in [0.5, 0.6) is 0 Å². The summed E-state index contributed by atoms with van der Waals surface area (Å²) in [5.41, 5.74) is 4.37. The maximum absolute atomic E-state index is 12.2. The van der Waals surface area contributed by atoms with E-state index in [0.29, 0.717) is 5.56 Å². The number of rotatable bonds is 4. The van der Waals surface area contributed by atoms with E-state index in [1.54, 1.807) is 17.4 Å². The van der Waals surface area contributed by atoms with Crippen LogP contribution in [0.4, 0.5) is 0 Å². The Hall–Kier alpha value is -2.83. The van der Waals surface area contributed by atoms with Crippen molar-refractivity contribution < 1.29 is 4.79 Å². The molecule has 0 atom stereocenters. The highest BCUT2D eigenvalue weighted by Gasteiger charge is 2.19. The Morgan fingerprint density at radius 3 is 2.46 bits per heavy atom. The molecule has 0 aliphatic heterocycles. The zero-order chi connectivity index (χ0) is 19.6. The van der Waals surface area contributed by atoms with E-state index in [1.807, 2.05) is 58.2 Å². The van der Waals surface area contributed by atoms with Crippen LogP contribution in [0.25, 0.3) is 11.1 Å². The van der Waals surface area contributed by atoms with Crippen molar-refractivity contribution in [2.75, 3.05) is 0 Å². The van der Waals surface area contributed by atoms with E-state index < -0.39 is 0 Å². The fourth-order valence-electron chi connectivity index (χ4n) is 2.79. The lowest BCUT2D eigenvalue weighted by molar-refractivity contribution is -0.117. The molecule has 0 aliphatic carbocycles. The number of amides is 1.